The molecular formula is C27H23ClN2O3. The van der Waals surface area contributed by atoms with Crippen LogP contribution in [0, 0.1) is 0 Å². The highest BCUT2D eigenvalue weighted by molar-refractivity contribution is 6.30. The van der Waals surface area contributed by atoms with Crippen molar-refractivity contribution in [1.29, 1.82) is 0 Å². The van der Waals surface area contributed by atoms with Crippen LogP contribution in [0.15, 0.2) is 96.1 Å². The second-order valence-corrected chi connectivity index (χ2v) is 7.90. The topological polar surface area (TPSA) is 59.9 Å². The molecule has 5 nitrogen and oxygen atoms in total. The molecule has 0 aliphatic heterocycles. The molecule has 1 N–H and O–H groups in total. The molecule has 0 aliphatic rings. The average Bonchev–Trinajstić information content (AvgIpc) is 2.84. The molecule has 0 heterocycles. The van der Waals surface area contributed by atoms with Gasteiger partial charge in [-0.15, -0.1) is 0 Å². The van der Waals surface area contributed by atoms with Crippen molar-refractivity contribution < 1.29 is 14.3 Å². The summed E-state index contributed by atoms with van der Waals surface area (Å²) >= 11 is 5.91. The van der Waals surface area contributed by atoms with Crippen LogP contribution in [0.1, 0.15) is 18.1 Å². The lowest BCUT2D eigenvalue weighted by Crippen LogP contribution is -2.33. The molecule has 0 saturated heterocycles. The van der Waals surface area contributed by atoms with Crippen LogP contribution in [-0.2, 0) is 11.4 Å². The van der Waals surface area contributed by atoms with Gasteiger partial charge in [0.25, 0.3) is 5.91 Å². The number of hydrogen-bond donors (Lipinski definition) is 1. The fourth-order valence-electron chi connectivity index (χ4n) is 3.24. The van der Waals surface area contributed by atoms with Gasteiger partial charge >= 0.3 is 0 Å². The van der Waals surface area contributed by atoms with Crippen molar-refractivity contribution in [2.75, 3.05) is 0 Å². The molecule has 1 unspecified atom stereocenters. The first kappa shape index (κ1) is 22.4. The molecule has 4 rings (SSSR count). The van der Waals surface area contributed by atoms with E-state index in [1.807, 2.05) is 91.0 Å². The Morgan fingerprint density at radius 3 is 2.61 bits per heavy atom. The Kier molecular flexibility index (Phi) is 7.22. The summed E-state index contributed by atoms with van der Waals surface area (Å²) in [5.74, 6) is 1.02. The zero-order chi connectivity index (χ0) is 23.0. The van der Waals surface area contributed by atoms with Gasteiger partial charge in [-0.1, -0.05) is 72.3 Å². The van der Waals surface area contributed by atoms with E-state index in [2.05, 4.69) is 10.5 Å². The van der Waals surface area contributed by atoms with E-state index in [9.17, 15) is 4.79 Å². The van der Waals surface area contributed by atoms with Crippen LogP contribution in [0.5, 0.6) is 11.5 Å². The summed E-state index contributed by atoms with van der Waals surface area (Å²) in [6.45, 7) is 2.12. The van der Waals surface area contributed by atoms with Crippen LogP contribution >= 0.6 is 11.6 Å². The maximum Gasteiger partial charge on any atom is 0.280 e. The Hall–Kier alpha value is -3.83. The normalized spacial score (nSPS) is 11.9. The molecule has 0 spiro atoms. The third-order valence-corrected chi connectivity index (χ3v) is 5.24. The summed E-state index contributed by atoms with van der Waals surface area (Å²) in [4.78, 5) is 12.4. The standard InChI is InChI=1S/C27H23ClN2O3/c1-19(33-26-11-5-8-22-7-2-3-10-25(22)26)27(31)30-29-17-21-6-4-9-24(16-21)32-18-20-12-14-23(28)15-13-20/h2-17,19H,18H2,1H3,(H,30,31). The van der Waals surface area contributed by atoms with Gasteiger partial charge in [0.05, 0.1) is 6.21 Å². The van der Waals surface area contributed by atoms with Crippen molar-refractivity contribution in [1.82, 2.24) is 5.43 Å². The van der Waals surface area contributed by atoms with E-state index >= 15 is 0 Å². The number of benzene rings is 4. The van der Waals surface area contributed by atoms with Crippen LogP contribution in [0.2, 0.25) is 5.02 Å². The number of carbonyl (C=O) groups is 1. The van der Waals surface area contributed by atoms with E-state index in [4.69, 9.17) is 21.1 Å². The quantitative estimate of drug-likeness (QED) is 0.260. The summed E-state index contributed by atoms with van der Waals surface area (Å²) in [6, 6.07) is 28.6. The summed E-state index contributed by atoms with van der Waals surface area (Å²) < 4.78 is 11.7. The second-order valence-electron chi connectivity index (χ2n) is 7.46. The van der Waals surface area contributed by atoms with Crippen molar-refractivity contribution in [2.24, 2.45) is 5.10 Å². The molecule has 4 aromatic carbocycles. The lowest BCUT2D eigenvalue weighted by Gasteiger charge is -2.14. The number of hydrogen-bond acceptors (Lipinski definition) is 4. The highest BCUT2D eigenvalue weighted by Gasteiger charge is 2.15. The average molecular weight is 459 g/mol. The minimum atomic E-state index is -0.706. The van der Waals surface area contributed by atoms with Crippen molar-refractivity contribution >= 4 is 34.5 Å². The SMILES string of the molecule is CC(Oc1cccc2ccccc12)C(=O)NN=Cc1cccc(OCc2ccc(Cl)cc2)c1. The fraction of sp³-hybridized carbons (Fsp3) is 0.111. The molecule has 0 radical (unpaired) electrons. The Morgan fingerprint density at radius 2 is 1.76 bits per heavy atom. The predicted octanol–water partition coefficient (Wildman–Crippen LogP) is 5.99. The highest BCUT2D eigenvalue weighted by atomic mass is 35.5. The van der Waals surface area contributed by atoms with Crippen LogP contribution in [0.3, 0.4) is 0 Å². The summed E-state index contributed by atoms with van der Waals surface area (Å²) in [5.41, 5.74) is 4.35. The minimum Gasteiger partial charge on any atom is -0.489 e. The molecule has 4 aromatic rings. The van der Waals surface area contributed by atoms with Gasteiger partial charge in [-0.2, -0.15) is 5.10 Å². The molecule has 0 saturated carbocycles. The third-order valence-electron chi connectivity index (χ3n) is 4.99. The van der Waals surface area contributed by atoms with Gasteiger partial charge in [-0.05, 0) is 53.8 Å². The number of amides is 1. The number of nitrogens with one attached hydrogen (secondary N) is 1. The van der Waals surface area contributed by atoms with Crippen LogP contribution < -0.4 is 14.9 Å². The Balaban J connectivity index is 1.32. The molecule has 166 valence electrons. The van der Waals surface area contributed by atoms with Gasteiger partial charge in [0.15, 0.2) is 6.10 Å². The van der Waals surface area contributed by atoms with E-state index in [1.54, 1.807) is 13.1 Å². The van der Waals surface area contributed by atoms with Gasteiger partial charge in [-0.25, -0.2) is 5.43 Å². The molecule has 0 aliphatic carbocycles. The van der Waals surface area contributed by atoms with Crippen molar-refractivity contribution in [3.8, 4) is 11.5 Å². The van der Waals surface area contributed by atoms with Gasteiger partial charge < -0.3 is 9.47 Å². The third kappa shape index (κ3) is 6.11. The van der Waals surface area contributed by atoms with E-state index in [0.29, 0.717) is 23.1 Å². The Bertz CT molecular complexity index is 1270. The molecule has 6 heteroatoms. The summed E-state index contributed by atoms with van der Waals surface area (Å²) in [7, 11) is 0. The summed E-state index contributed by atoms with van der Waals surface area (Å²) in [6.07, 6.45) is 0.861. The smallest absolute Gasteiger partial charge is 0.280 e. The number of hydrazone groups is 1. The van der Waals surface area contributed by atoms with Gasteiger partial charge in [-0.3, -0.25) is 4.79 Å². The number of halogens is 1. The lowest BCUT2D eigenvalue weighted by molar-refractivity contribution is -0.127. The van der Waals surface area contributed by atoms with E-state index in [0.717, 1.165) is 21.9 Å². The first-order chi connectivity index (χ1) is 16.1. The molecule has 1 atom stereocenters. The van der Waals surface area contributed by atoms with Crippen molar-refractivity contribution in [3.05, 3.63) is 107 Å². The maximum absolute atomic E-state index is 12.4. The monoisotopic (exact) mass is 458 g/mol. The number of rotatable bonds is 8. The highest BCUT2D eigenvalue weighted by Crippen LogP contribution is 2.26. The first-order valence-corrected chi connectivity index (χ1v) is 10.9. The van der Waals surface area contributed by atoms with Gasteiger partial charge in [0.2, 0.25) is 0 Å². The fourth-order valence-corrected chi connectivity index (χ4v) is 3.36. The first-order valence-electron chi connectivity index (χ1n) is 10.5. The molecule has 0 fully saturated rings. The Labute approximate surface area is 197 Å². The minimum absolute atomic E-state index is 0.339. The van der Waals surface area contributed by atoms with Crippen LogP contribution in [0.25, 0.3) is 10.8 Å². The second kappa shape index (κ2) is 10.7. The number of carbonyl (C=O) groups excluding carboxylic acids is 1. The number of ether oxygens (including phenoxy) is 2. The van der Waals surface area contributed by atoms with Crippen LogP contribution in [-0.4, -0.2) is 18.2 Å². The molecule has 33 heavy (non-hydrogen) atoms. The molecule has 0 aromatic heterocycles. The van der Waals surface area contributed by atoms with E-state index < -0.39 is 6.10 Å². The maximum atomic E-state index is 12.4. The Morgan fingerprint density at radius 1 is 1.00 bits per heavy atom. The molecule has 0 bridgehead atoms. The van der Waals surface area contributed by atoms with Crippen molar-refractivity contribution in [3.63, 3.8) is 0 Å². The van der Waals surface area contributed by atoms with Gasteiger partial charge in [0, 0.05) is 10.4 Å². The zero-order valence-electron chi connectivity index (χ0n) is 18.1. The van der Waals surface area contributed by atoms with Crippen molar-refractivity contribution in [2.45, 2.75) is 19.6 Å². The zero-order valence-corrected chi connectivity index (χ0v) is 18.8. The number of nitrogens with zero attached hydrogens (tertiary/aromatic N) is 1. The van der Waals surface area contributed by atoms with Gasteiger partial charge in [0.1, 0.15) is 18.1 Å². The summed E-state index contributed by atoms with van der Waals surface area (Å²) in [5, 5.41) is 6.76. The number of fused-ring (bicyclic) bond motifs is 1. The van der Waals surface area contributed by atoms with E-state index in [1.165, 1.54) is 0 Å². The lowest BCUT2D eigenvalue weighted by atomic mass is 10.1. The molecular weight excluding hydrogens is 436 g/mol. The van der Waals surface area contributed by atoms with E-state index in [-0.39, 0.29) is 5.91 Å². The van der Waals surface area contributed by atoms with Crippen LogP contribution in [0.4, 0.5) is 0 Å². The molecule has 1 amide bonds. The predicted molar refractivity (Wildman–Crippen MR) is 132 cm³/mol. The largest absolute Gasteiger partial charge is 0.489 e.